The molecule has 0 amide bonds. The van der Waals surface area contributed by atoms with Crippen molar-refractivity contribution in [2.45, 2.75) is 0 Å². The third kappa shape index (κ3) is 1.69. The fourth-order valence-electron chi connectivity index (χ4n) is 0.666. The number of nitriles is 1. The molecule has 4 heteroatoms. The largest absolute Gasteiger partial charge is 0.495 e. The van der Waals surface area contributed by atoms with Gasteiger partial charge >= 0.3 is 0 Å². The van der Waals surface area contributed by atoms with Crippen LogP contribution in [0.4, 0.5) is 0 Å². The van der Waals surface area contributed by atoms with Crippen molar-refractivity contribution in [3.05, 3.63) is 22.4 Å². The molecule has 0 aliphatic heterocycles. The van der Waals surface area contributed by atoms with Crippen molar-refractivity contribution in [1.82, 2.24) is 4.98 Å². The Hall–Kier alpha value is -1.08. The summed E-state index contributed by atoms with van der Waals surface area (Å²) in [6, 6.07) is 3.62. The maximum Gasteiger partial charge on any atom is 0.140 e. The first-order chi connectivity index (χ1) is 5.27. The molecule has 0 saturated carbocycles. The van der Waals surface area contributed by atoms with Gasteiger partial charge in [-0.2, -0.15) is 5.26 Å². The van der Waals surface area contributed by atoms with Gasteiger partial charge in [-0.05, 0) is 15.9 Å². The summed E-state index contributed by atoms with van der Waals surface area (Å²) in [5.74, 6) is 0.536. The first-order valence-electron chi connectivity index (χ1n) is 2.87. The van der Waals surface area contributed by atoms with E-state index in [4.69, 9.17) is 10.00 Å². The number of rotatable bonds is 1. The lowest BCUT2D eigenvalue weighted by Gasteiger charge is -2.00. The van der Waals surface area contributed by atoms with Gasteiger partial charge in [0.05, 0.1) is 7.11 Å². The highest BCUT2D eigenvalue weighted by molar-refractivity contribution is 9.10. The van der Waals surface area contributed by atoms with Crippen molar-refractivity contribution in [1.29, 1.82) is 5.26 Å². The number of nitrogens with zero attached hydrogens (tertiary/aromatic N) is 2. The Kier molecular flexibility index (Phi) is 2.44. The van der Waals surface area contributed by atoms with Gasteiger partial charge in [0, 0.05) is 12.3 Å². The van der Waals surface area contributed by atoms with Crippen molar-refractivity contribution in [2.24, 2.45) is 0 Å². The molecule has 0 radical (unpaired) electrons. The molecule has 3 nitrogen and oxygen atoms in total. The fourth-order valence-corrected chi connectivity index (χ4v) is 0.976. The molecule has 0 aliphatic rings. The molecule has 1 aromatic heterocycles. The van der Waals surface area contributed by atoms with Gasteiger partial charge in [0.1, 0.15) is 22.0 Å². The van der Waals surface area contributed by atoms with E-state index in [1.165, 1.54) is 13.3 Å². The van der Waals surface area contributed by atoms with E-state index in [1.54, 1.807) is 6.07 Å². The molecule has 0 bridgehead atoms. The van der Waals surface area contributed by atoms with E-state index >= 15 is 0 Å². The topological polar surface area (TPSA) is 45.9 Å². The van der Waals surface area contributed by atoms with Crippen LogP contribution >= 0.6 is 15.9 Å². The lowest BCUT2D eigenvalue weighted by molar-refractivity contribution is 0.412. The maximum atomic E-state index is 8.56. The van der Waals surface area contributed by atoms with E-state index in [-0.39, 0.29) is 0 Å². The SMILES string of the molecule is COc1cc(Br)ncc1C#N. The molecule has 0 saturated heterocycles. The molecule has 11 heavy (non-hydrogen) atoms. The Labute approximate surface area is 72.8 Å². The molecule has 0 fully saturated rings. The monoisotopic (exact) mass is 212 g/mol. The summed E-state index contributed by atoms with van der Waals surface area (Å²) >= 11 is 3.17. The molecular weight excluding hydrogens is 208 g/mol. The Balaban J connectivity index is 3.19. The van der Waals surface area contributed by atoms with Gasteiger partial charge < -0.3 is 4.74 Å². The van der Waals surface area contributed by atoms with Gasteiger partial charge in [-0.25, -0.2) is 4.98 Å². The molecule has 0 aliphatic carbocycles. The Morgan fingerprint density at radius 3 is 3.00 bits per heavy atom. The van der Waals surface area contributed by atoms with Crippen molar-refractivity contribution < 1.29 is 4.74 Å². The van der Waals surface area contributed by atoms with Crippen LogP contribution in [0.15, 0.2) is 16.9 Å². The Morgan fingerprint density at radius 1 is 1.73 bits per heavy atom. The summed E-state index contributed by atoms with van der Waals surface area (Å²) in [5, 5.41) is 8.56. The van der Waals surface area contributed by atoms with Gasteiger partial charge in [0.2, 0.25) is 0 Å². The van der Waals surface area contributed by atoms with Crippen LogP contribution in [-0.2, 0) is 0 Å². The summed E-state index contributed by atoms with van der Waals surface area (Å²) in [7, 11) is 1.52. The molecule has 0 N–H and O–H groups in total. The summed E-state index contributed by atoms with van der Waals surface area (Å²) in [6.45, 7) is 0. The van der Waals surface area contributed by atoms with Crippen LogP contribution in [-0.4, -0.2) is 12.1 Å². The van der Waals surface area contributed by atoms with Gasteiger partial charge in [-0.3, -0.25) is 0 Å². The van der Waals surface area contributed by atoms with Crippen molar-refractivity contribution in [3.8, 4) is 11.8 Å². The zero-order valence-corrected chi connectivity index (χ0v) is 7.42. The highest BCUT2D eigenvalue weighted by Crippen LogP contribution is 2.19. The second-order valence-electron chi connectivity index (χ2n) is 1.82. The molecular formula is C7H5BrN2O. The Bertz CT molecular complexity index is 306. The lowest BCUT2D eigenvalue weighted by Crippen LogP contribution is -1.88. The van der Waals surface area contributed by atoms with E-state index in [0.29, 0.717) is 15.9 Å². The van der Waals surface area contributed by atoms with Crippen LogP contribution in [0.5, 0.6) is 5.75 Å². The fraction of sp³-hybridized carbons (Fsp3) is 0.143. The number of ether oxygens (including phenoxy) is 1. The smallest absolute Gasteiger partial charge is 0.140 e. The van der Waals surface area contributed by atoms with Gasteiger partial charge in [-0.1, -0.05) is 0 Å². The first kappa shape index (κ1) is 8.02. The Morgan fingerprint density at radius 2 is 2.45 bits per heavy atom. The van der Waals surface area contributed by atoms with Crippen LogP contribution in [0.2, 0.25) is 0 Å². The van der Waals surface area contributed by atoms with Gasteiger partial charge in [-0.15, -0.1) is 0 Å². The quantitative estimate of drug-likeness (QED) is 0.667. The lowest BCUT2D eigenvalue weighted by atomic mass is 10.3. The molecule has 0 spiro atoms. The highest BCUT2D eigenvalue weighted by atomic mass is 79.9. The highest BCUT2D eigenvalue weighted by Gasteiger charge is 2.01. The minimum absolute atomic E-state index is 0.440. The first-order valence-corrected chi connectivity index (χ1v) is 3.67. The number of methoxy groups -OCH3 is 1. The zero-order chi connectivity index (χ0) is 8.27. The predicted octanol–water partition coefficient (Wildman–Crippen LogP) is 1.72. The summed E-state index contributed by atoms with van der Waals surface area (Å²) < 4.78 is 5.59. The van der Waals surface area contributed by atoms with Crippen LogP contribution < -0.4 is 4.74 Å². The molecule has 56 valence electrons. The average Bonchev–Trinajstić information content (AvgIpc) is 2.04. The number of halogens is 1. The third-order valence-electron chi connectivity index (χ3n) is 1.17. The summed E-state index contributed by atoms with van der Waals surface area (Å²) in [4.78, 5) is 3.87. The molecule has 0 unspecified atom stereocenters. The third-order valence-corrected chi connectivity index (χ3v) is 1.61. The number of hydrogen-bond acceptors (Lipinski definition) is 3. The summed E-state index contributed by atoms with van der Waals surface area (Å²) in [5.41, 5.74) is 0.440. The normalized spacial score (nSPS) is 8.82. The van der Waals surface area contributed by atoms with Crippen molar-refractivity contribution >= 4 is 15.9 Å². The van der Waals surface area contributed by atoms with Crippen LogP contribution in [0.25, 0.3) is 0 Å². The predicted molar refractivity (Wildman–Crippen MR) is 43.2 cm³/mol. The second-order valence-corrected chi connectivity index (χ2v) is 2.63. The van der Waals surface area contributed by atoms with Gasteiger partial charge in [0.25, 0.3) is 0 Å². The number of aromatic nitrogens is 1. The number of hydrogen-bond donors (Lipinski definition) is 0. The number of pyridine rings is 1. The van der Waals surface area contributed by atoms with Crippen molar-refractivity contribution in [3.63, 3.8) is 0 Å². The molecule has 0 aromatic carbocycles. The van der Waals surface area contributed by atoms with Gasteiger partial charge in [0.15, 0.2) is 0 Å². The minimum atomic E-state index is 0.440. The van der Waals surface area contributed by atoms with Crippen LogP contribution in [0, 0.1) is 11.3 Å². The molecule has 1 aromatic rings. The van der Waals surface area contributed by atoms with E-state index in [0.717, 1.165) is 0 Å². The molecule has 1 rings (SSSR count). The standard InChI is InChI=1S/C7H5BrN2O/c1-11-6-2-7(8)10-4-5(6)3-9/h2,4H,1H3. The molecule has 0 atom stereocenters. The average molecular weight is 213 g/mol. The zero-order valence-electron chi connectivity index (χ0n) is 5.84. The van der Waals surface area contributed by atoms with E-state index in [2.05, 4.69) is 20.9 Å². The van der Waals surface area contributed by atoms with E-state index < -0.39 is 0 Å². The second kappa shape index (κ2) is 3.35. The van der Waals surface area contributed by atoms with Crippen LogP contribution in [0.3, 0.4) is 0 Å². The van der Waals surface area contributed by atoms with Crippen LogP contribution in [0.1, 0.15) is 5.56 Å². The summed E-state index contributed by atoms with van der Waals surface area (Å²) in [6.07, 6.45) is 1.46. The maximum absolute atomic E-state index is 8.56. The molecule has 1 heterocycles. The van der Waals surface area contributed by atoms with E-state index in [9.17, 15) is 0 Å². The minimum Gasteiger partial charge on any atom is -0.495 e. The van der Waals surface area contributed by atoms with Crippen molar-refractivity contribution in [2.75, 3.05) is 7.11 Å². The van der Waals surface area contributed by atoms with E-state index in [1.807, 2.05) is 6.07 Å².